The lowest BCUT2D eigenvalue weighted by Gasteiger charge is -2.47. The molecule has 1 aliphatic carbocycles. The van der Waals surface area contributed by atoms with Crippen molar-refractivity contribution >= 4 is 12.3 Å². The Kier molecular flexibility index (Phi) is 7.39. The highest BCUT2D eigenvalue weighted by Gasteiger charge is 2.48. The number of aromatic nitrogens is 3. The third-order valence-corrected chi connectivity index (χ3v) is 6.94. The Morgan fingerprint density at radius 1 is 1.18 bits per heavy atom. The van der Waals surface area contributed by atoms with Crippen molar-refractivity contribution in [2.75, 3.05) is 57.8 Å². The number of anilines is 1. The van der Waals surface area contributed by atoms with E-state index in [9.17, 15) is 9.90 Å². The van der Waals surface area contributed by atoms with Gasteiger partial charge in [-0.05, 0) is 44.7 Å². The number of likely N-dealkylation sites (tertiary alicyclic amines) is 1. The molecule has 1 unspecified atom stereocenters. The first-order valence-corrected chi connectivity index (χ1v) is 11.7. The zero-order valence-electron chi connectivity index (χ0n) is 19.6. The standard InChI is InChI=1S/C21H28N6O.C3H6O2/c1-25-14-21(15-25)3-2-16(11-21)26-6-8-27(9-7-26)20-18(10-17(28)12-24-20)19-13-22-4-5-23-19;1-2-5-3-4/h4-5,10,12-13,16,28H,2-3,6-9,11,14-15H2,1H3;3H,2H2,1H3. The van der Waals surface area contributed by atoms with Gasteiger partial charge in [-0.1, -0.05) is 0 Å². The van der Waals surface area contributed by atoms with E-state index >= 15 is 0 Å². The Morgan fingerprint density at radius 2 is 1.97 bits per heavy atom. The molecule has 2 aromatic heterocycles. The van der Waals surface area contributed by atoms with Crippen LogP contribution in [0.5, 0.6) is 5.75 Å². The second kappa shape index (κ2) is 10.4. The maximum Gasteiger partial charge on any atom is 0.293 e. The van der Waals surface area contributed by atoms with Gasteiger partial charge in [-0.2, -0.15) is 0 Å². The number of carbonyl (C=O) groups is 1. The third kappa shape index (κ3) is 5.42. The van der Waals surface area contributed by atoms with Crippen molar-refractivity contribution in [3.05, 3.63) is 30.9 Å². The number of piperazine rings is 1. The highest BCUT2D eigenvalue weighted by Crippen LogP contribution is 2.46. The van der Waals surface area contributed by atoms with Gasteiger partial charge in [0, 0.05) is 63.3 Å². The molecule has 9 nitrogen and oxygen atoms in total. The molecule has 1 saturated carbocycles. The van der Waals surface area contributed by atoms with Gasteiger partial charge in [-0.15, -0.1) is 0 Å². The minimum Gasteiger partial charge on any atom is -0.506 e. The Labute approximate surface area is 195 Å². The molecule has 0 radical (unpaired) electrons. The molecule has 1 spiro atoms. The summed E-state index contributed by atoms with van der Waals surface area (Å²) in [7, 11) is 2.23. The van der Waals surface area contributed by atoms with Crippen molar-refractivity contribution < 1.29 is 14.6 Å². The number of ether oxygens (including phenoxy) is 1. The zero-order valence-corrected chi connectivity index (χ0v) is 19.6. The largest absolute Gasteiger partial charge is 0.506 e. The quantitative estimate of drug-likeness (QED) is 0.681. The maximum absolute atomic E-state index is 9.94. The Hall–Kier alpha value is -2.78. The van der Waals surface area contributed by atoms with E-state index in [0.29, 0.717) is 18.5 Å². The van der Waals surface area contributed by atoms with Crippen LogP contribution >= 0.6 is 0 Å². The number of aromatic hydroxyl groups is 1. The molecular weight excluding hydrogens is 420 g/mol. The van der Waals surface area contributed by atoms with E-state index in [2.05, 4.69) is 41.4 Å². The van der Waals surface area contributed by atoms with Gasteiger partial charge >= 0.3 is 0 Å². The van der Waals surface area contributed by atoms with Crippen LogP contribution in [0.25, 0.3) is 11.3 Å². The molecule has 9 heteroatoms. The predicted molar refractivity (Wildman–Crippen MR) is 126 cm³/mol. The fraction of sp³-hybridized carbons (Fsp3) is 0.583. The summed E-state index contributed by atoms with van der Waals surface area (Å²) in [6.07, 6.45) is 10.7. The van der Waals surface area contributed by atoms with Crippen molar-refractivity contribution in [1.82, 2.24) is 24.8 Å². The second-order valence-corrected chi connectivity index (χ2v) is 9.30. The van der Waals surface area contributed by atoms with Crippen molar-refractivity contribution in [1.29, 1.82) is 0 Å². The van der Waals surface area contributed by atoms with E-state index in [1.807, 2.05) is 0 Å². The van der Waals surface area contributed by atoms with Crippen LogP contribution in [-0.4, -0.2) is 95.3 Å². The molecule has 3 fully saturated rings. The Bertz CT molecular complexity index is 914. The fourth-order valence-corrected chi connectivity index (χ4v) is 5.57. The lowest BCUT2D eigenvalue weighted by molar-refractivity contribution is -0.128. The van der Waals surface area contributed by atoms with Gasteiger partial charge in [0.25, 0.3) is 6.47 Å². The summed E-state index contributed by atoms with van der Waals surface area (Å²) in [5.41, 5.74) is 2.20. The molecule has 2 aliphatic heterocycles. The summed E-state index contributed by atoms with van der Waals surface area (Å²) in [6, 6.07) is 2.48. The van der Waals surface area contributed by atoms with Gasteiger partial charge in [0.2, 0.25) is 0 Å². The molecule has 2 aromatic rings. The molecule has 5 rings (SSSR count). The van der Waals surface area contributed by atoms with Crippen LogP contribution in [0.4, 0.5) is 5.82 Å². The van der Waals surface area contributed by atoms with E-state index in [1.165, 1.54) is 38.5 Å². The number of carbonyl (C=O) groups excluding carboxylic acids is 1. The first kappa shape index (κ1) is 23.4. The fourth-order valence-electron chi connectivity index (χ4n) is 5.57. The molecule has 178 valence electrons. The van der Waals surface area contributed by atoms with Gasteiger partial charge in [0.1, 0.15) is 11.6 Å². The Balaban J connectivity index is 0.000000471. The zero-order chi connectivity index (χ0) is 23.3. The SMILES string of the molecule is CCOC=O.CN1CC2(CCC(N3CCN(c4ncc(O)cc4-c4cnccn4)CC3)C2)C1. The highest BCUT2D eigenvalue weighted by atomic mass is 16.5. The molecule has 1 atom stereocenters. The van der Waals surface area contributed by atoms with Crippen molar-refractivity contribution in [3.8, 4) is 17.0 Å². The van der Waals surface area contributed by atoms with Crippen LogP contribution in [0.1, 0.15) is 26.2 Å². The van der Waals surface area contributed by atoms with Crippen LogP contribution in [-0.2, 0) is 9.53 Å². The maximum atomic E-state index is 9.94. The molecule has 33 heavy (non-hydrogen) atoms. The molecule has 1 N–H and O–H groups in total. The van der Waals surface area contributed by atoms with Gasteiger partial charge < -0.3 is 19.6 Å². The van der Waals surface area contributed by atoms with Crippen LogP contribution in [0.15, 0.2) is 30.9 Å². The normalized spacial score (nSPS) is 22.4. The molecular formula is C24H34N6O3. The van der Waals surface area contributed by atoms with E-state index in [0.717, 1.165) is 49.3 Å². The van der Waals surface area contributed by atoms with E-state index in [-0.39, 0.29) is 5.75 Å². The molecule has 0 bridgehead atoms. The number of nitrogens with zero attached hydrogens (tertiary/aromatic N) is 6. The van der Waals surface area contributed by atoms with Crippen LogP contribution < -0.4 is 4.90 Å². The first-order valence-electron chi connectivity index (χ1n) is 11.7. The average molecular weight is 455 g/mol. The lowest BCUT2D eigenvalue weighted by atomic mass is 9.78. The molecule has 0 aromatic carbocycles. The number of rotatable bonds is 5. The molecule has 2 saturated heterocycles. The summed E-state index contributed by atoms with van der Waals surface area (Å²) < 4.78 is 4.15. The number of pyridine rings is 1. The van der Waals surface area contributed by atoms with Crippen molar-refractivity contribution in [3.63, 3.8) is 0 Å². The summed E-state index contributed by atoms with van der Waals surface area (Å²) >= 11 is 0. The van der Waals surface area contributed by atoms with Crippen molar-refractivity contribution in [2.24, 2.45) is 5.41 Å². The third-order valence-electron chi connectivity index (χ3n) is 6.94. The van der Waals surface area contributed by atoms with Gasteiger partial charge in [-0.25, -0.2) is 4.98 Å². The van der Waals surface area contributed by atoms with E-state index < -0.39 is 0 Å². The van der Waals surface area contributed by atoms with Gasteiger partial charge in [-0.3, -0.25) is 19.7 Å². The summed E-state index contributed by atoms with van der Waals surface area (Å²) in [5.74, 6) is 1.05. The minimum absolute atomic E-state index is 0.157. The van der Waals surface area contributed by atoms with Gasteiger partial charge in [0.15, 0.2) is 0 Å². The average Bonchev–Trinajstić information content (AvgIpc) is 3.26. The summed E-state index contributed by atoms with van der Waals surface area (Å²) in [4.78, 5) is 29.8. The van der Waals surface area contributed by atoms with Crippen LogP contribution in [0.2, 0.25) is 0 Å². The van der Waals surface area contributed by atoms with E-state index in [1.54, 1.807) is 31.6 Å². The number of hydrogen-bond donors (Lipinski definition) is 1. The highest BCUT2D eigenvalue weighted by molar-refractivity contribution is 5.74. The summed E-state index contributed by atoms with van der Waals surface area (Å²) in [5, 5.41) is 9.94. The van der Waals surface area contributed by atoms with Crippen molar-refractivity contribution in [2.45, 2.75) is 32.2 Å². The topological polar surface area (TPSA) is 94.9 Å². The van der Waals surface area contributed by atoms with Crippen LogP contribution in [0.3, 0.4) is 0 Å². The smallest absolute Gasteiger partial charge is 0.293 e. The minimum atomic E-state index is 0.157. The first-order chi connectivity index (χ1) is 16.0. The lowest BCUT2D eigenvalue weighted by Crippen LogP contribution is -2.54. The number of hydrogen-bond acceptors (Lipinski definition) is 9. The molecule has 3 aliphatic rings. The Morgan fingerprint density at radius 3 is 2.58 bits per heavy atom. The van der Waals surface area contributed by atoms with Gasteiger partial charge in [0.05, 0.1) is 24.7 Å². The van der Waals surface area contributed by atoms with E-state index in [4.69, 9.17) is 0 Å². The molecule has 0 amide bonds. The second-order valence-electron chi connectivity index (χ2n) is 9.30. The summed E-state index contributed by atoms with van der Waals surface area (Å²) in [6.45, 7) is 9.27. The predicted octanol–water partition coefficient (Wildman–Crippen LogP) is 2.03. The van der Waals surface area contributed by atoms with Crippen LogP contribution in [0, 0.1) is 5.41 Å². The monoisotopic (exact) mass is 454 g/mol. The molecule has 4 heterocycles.